The molecule has 0 saturated carbocycles. The average molecular weight is 506 g/mol. The molecule has 3 aromatic rings. The maximum atomic E-state index is 13.5. The number of anilines is 1. The predicted molar refractivity (Wildman–Crippen MR) is 147 cm³/mol. The number of carbonyl (C=O) groups excluding carboxylic acids is 1. The zero-order valence-corrected chi connectivity index (χ0v) is 21.5. The van der Waals surface area contributed by atoms with E-state index >= 15 is 0 Å². The smallest absolute Gasteiger partial charge is 0.266 e. The molecule has 0 unspecified atom stereocenters. The number of hydrogen-bond donors (Lipinski definition) is 0. The van der Waals surface area contributed by atoms with Gasteiger partial charge in [-0.25, -0.2) is 0 Å². The van der Waals surface area contributed by atoms with Gasteiger partial charge in [-0.1, -0.05) is 54.3 Å². The van der Waals surface area contributed by atoms with Crippen LogP contribution in [-0.2, 0) is 18.3 Å². The van der Waals surface area contributed by atoms with E-state index in [9.17, 15) is 9.59 Å². The summed E-state index contributed by atoms with van der Waals surface area (Å²) in [6.07, 6.45) is 4.63. The first-order chi connectivity index (χ1) is 17.0. The Kier molecular flexibility index (Phi) is 6.67. The van der Waals surface area contributed by atoms with Crippen molar-refractivity contribution in [2.45, 2.75) is 19.3 Å². The molecule has 2 fully saturated rings. The molecule has 1 amide bonds. The molecule has 0 radical (unpaired) electrons. The van der Waals surface area contributed by atoms with Gasteiger partial charge in [0.1, 0.15) is 10.1 Å². The van der Waals surface area contributed by atoms with Gasteiger partial charge in [0.2, 0.25) is 0 Å². The zero-order chi connectivity index (χ0) is 24.5. The summed E-state index contributed by atoms with van der Waals surface area (Å²) in [5, 5.41) is 1.03. The Balaban J connectivity index is 1.48. The van der Waals surface area contributed by atoms with Gasteiger partial charge in [-0.15, -0.1) is 0 Å². The third-order valence-electron chi connectivity index (χ3n) is 6.67. The Morgan fingerprint density at radius 2 is 1.77 bits per heavy atom. The number of thiocarbonyl (C=S) groups is 1. The number of hydrogen-bond acceptors (Lipinski definition) is 6. The fraction of sp³-hybridized carbons (Fsp3) is 0.296. The highest BCUT2D eigenvalue weighted by Crippen LogP contribution is 2.37. The number of aromatic nitrogens is 1. The molecular weight excluding hydrogens is 478 g/mol. The molecule has 0 spiro atoms. The SMILES string of the molecule is COc1ccc(CCN2C(=O)C(=Cc3c(N4CCCC4)c4ccccc4n(C)c3=O)SC2=S)cc1. The molecule has 0 atom stereocenters. The first-order valence-corrected chi connectivity index (χ1v) is 13.0. The molecule has 6 nitrogen and oxygen atoms in total. The minimum Gasteiger partial charge on any atom is -0.497 e. The van der Waals surface area contributed by atoms with E-state index in [-0.39, 0.29) is 11.5 Å². The molecular formula is C27H27N3O3S2. The number of benzene rings is 2. The van der Waals surface area contributed by atoms with Crippen molar-refractivity contribution in [1.82, 2.24) is 9.47 Å². The van der Waals surface area contributed by atoms with Crippen LogP contribution in [0.4, 0.5) is 5.69 Å². The van der Waals surface area contributed by atoms with Gasteiger partial charge in [-0.3, -0.25) is 14.5 Å². The number of carbonyl (C=O) groups is 1. The van der Waals surface area contributed by atoms with E-state index in [4.69, 9.17) is 17.0 Å². The van der Waals surface area contributed by atoms with Gasteiger partial charge in [-0.2, -0.15) is 0 Å². The number of rotatable bonds is 6. The maximum Gasteiger partial charge on any atom is 0.266 e. The Morgan fingerprint density at radius 1 is 1.06 bits per heavy atom. The zero-order valence-electron chi connectivity index (χ0n) is 19.8. The van der Waals surface area contributed by atoms with Gasteiger partial charge in [-0.05, 0) is 49.1 Å². The van der Waals surface area contributed by atoms with E-state index < -0.39 is 0 Å². The molecule has 8 heteroatoms. The second-order valence-electron chi connectivity index (χ2n) is 8.77. The van der Waals surface area contributed by atoms with Gasteiger partial charge in [0, 0.05) is 32.1 Å². The van der Waals surface area contributed by atoms with E-state index in [1.54, 1.807) is 29.7 Å². The van der Waals surface area contributed by atoms with Crippen LogP contribution in [0.2, 0.25) is 0 Å². The minimum absolute atomic E-state index is 0.103. The lowest BCUT2D eigenvalue weighted by Gasteiger charge is -2.23. The highest BCUT2D eigenvalue weighted by Gasteiger charge is 2.33. The minimum atomic E-state index is -0.143. The number of thioether (sulfide) groups is 1. The second-order valence-corrected chi connectivity index (χ2v) is 10.4. The van der Waals surface area contributed by atoms with E-state index in [2.05, 4.69) is 11.0 Å². The van der Waals surface area contributed by atoms with Crippen LogP contribution in [0.5, 0.6) is 5.75 Å². The van der Waals surface area contributed by atoms with E-state index in [0.29, 0.717) is 27.8 Å². The Hall–Kier alpha value is -3.10. The van der Waals surface area contributed by atoms with Gasteiger partial charge in [0.05, 0.1) is 28.8 Å². The highest BCUT2D eigenvalue weighted by atomic mass is 32.2. The van der Waals surface area contributed by atoms with Crippen LogP contribution in [0.25, 0.3) is 17.0 Å². The lowest BCUT2D eigenvalue weighted by molar-refractivity contribution is -0.122. The fourth-order valence-electron chi connectivity index (χ4n) is 4.77. The number of aryl methyl sites for hydroxylation is 1. The summed E-state index contributed by atoms with van der Waals surface area (Å²) in [5.74, 6) is 0.657. The molecule has 0 N–H and O–H groups in total. The van der Waals surface area contributed by atoms with Crippen LogP contribution in [0.1, 0.15) is 24.0 Å². The van der Waals surface area contributed by atoms with Crippen molar-refractivity contribution in [3.8, 4) is 5.75 Å². The molecule has 2 saturated heterocycles. The van der Waals surface area contributed by atoms with Crippen LogP contribution in [-0.4, -0.2) is 46.4 Å². The van der Waals surface area contributed by atoms with E-state index in [1.807, 2.05) is 42.5 Å². The van der Waals surface area contributed by atoms with Gasteiger partial charge >= 0.3 is 0 Å². The van der Waals surface area contributed by atoms with Crippen LogP contribution >= 0.6 is 24.0 Å². The Labute approximate surface area is 214 Å². The van der Waals surface area contributed by atoms with Crippen molar-refractivity contribution in [2.75, 3.05) is 31.6 Å². The molecule has 35 heavy (non-hydrogen) atoms. The van der Waals surface area contributed by atoms with Crippen LogP contribution in [0.15, 0.2) is 58.2 Å². The quantitative estimate of drug-likeness (QED) is 0.361. The average Bonchev–Trinajstić information content (AvgIpc) is 3.50. The van der Waals surface area contributed by atoms with E-state index in [1.165, 1.54) is 11.8 Å². The number of fused-ring (bicyclic) bond motifs is 1. The number of ether oxygens (including phenoxy) is 1. The molecule has 0 bridgehead atoms. The summed E-state index contributed by atoms with van der Waals surface area (Å²) in [5.41, 5.74) is 3.37. The third kappa shape index (κ3) is 4.48. The summed E-state index contributed by atoms with van der Waals surface area (Å²) in [4.78, 5) is 31.2. The summed E-state index contributed by atoms with van der Waals surface area (Å²) in [6.45, 7) is 2.30. The van der Waals surface area contributed by atoms with Crippen molar-refractivity contribution in [1.29, 1.82) is 0 Å². The standard InChI is InChI=1S/C27H27N3O3S2/c1-28-22-8-4-3-7-20(22)24(29-14-5-6-15-29)21(25(28)31)17-23-26(32)30(27(34)35-23)16-13-18-9-11-19(33-2)12-10-18/h3-4,7-12,17H,5-6,13-16H2,1-2H3. The lowest BCUT2D eigenvalue weighted by atomic mass is 10.1. The second kappa shape index (κ2) is 9.87. The summed E-state index contributed by atoms with van der Waals surface area (Å²) in [7, 11) is 3.43. The monoisotopic (exact) mass is 505 g/mol. The summed E-state index contributed by atoms with van der Waals surface area (Å²) in [6, 6.07) is 15.8. The molecule has 3 heterocycles. The number of methoxy groups -OCH3 is 1. The predicted octanol–water partition coefficient (Wildman–Crippen LogP) is 4.59. The maximum absolute atomic E-state index is 13.5. The molecule has 2 aliphatic rings. The third-order valence-corrected chi connectivity index (χ3v) is 8.04. The molecule has 2 aromatic carbocycles. The topological polar surface area (TPSA) is 54.8 Å². The van der Waals surface area contributed by atoms with Crippen molar-refractivity contribution in [3.63, 3.8) is 0 Å². The largest absolute Gasteiger partial charge is 0.497 e. The normalized spacial score (nSPS) is 17.3. The van der Waals surface area contributed by atoms with Crippen LogP contribution in [0.3, 0.4) is 0 Å². The molecule has 2 aliphatic heterocycles. The van der Waals surface area contributed by atoms with E-state index in [0.717, 1.165) is 53.8 Å². The van der Waals surface area contributed by atoms with Crippen molar-refractivity contribution in [3.05, 3.63) is 74.9 Å². The Morgan fingerprint density at radius 3 is 2.49 bits per heavy atom. The number of pyridine rings is 1. The number of para-hydroxylation sites is 1. The van der Waals surface area contributed by atoms with Crippen molar-refractivity contribution in [2.24, 2.45) is 7.05 Å². The lowest BCUT2D eigenvalue weighted by Crippen LogP contribution is -2.30. The number of nitrogens with zero attached hydrogens (tertiary/aromatic N) is 3. The summed E-state index contributed by atoms with van der Waals surface area (Å²) < 4.78 is 7.41. The molecule has 5 rings (SSSR count). The van der Waals surface area contributed by atoms with Crippen LogP contribution < -0.4 is 15.2 Å². The molecule has 1 aromatic heterocycles. The van der Waals surface area contributed by atoms with Crippen molar-refractivity contribution < 1.29 is 9.53 Å². The van der Waals surface area contributed by atoms with Crippen LogP contribution in [0, 0.1) is 0 Å². The van der Waals surface area contributed by atoms with Crippen molar-refractivity contribution >= 4 is 56.9 Å². The molecule has 180 valence electrons. The number of amides is 1. The fourth-order valence-corrected chi connectivity index (χ4v) is 6.06. The summed E-state index contributed by atoms with van der Waals surface area (Å²) >= 11 is 6.83. The molecule has 0 aliphatic carbocycles. The first-order valence-electron chi connectivity index (χ1n) is 11.7. The van der Waals surface area contributed by atoms with Gasteiger partial charge in [0.15, 0.2) is 0 Å². The van der Waals surface area contributed by atoms with Gasteiger partial charge in [0.25, 0.3) is 11.5 Å². The Bertz CT molecular complexity index is 1390. The first kappa shape index (κ1) is 23.6. The van der Waals surface area contributed by atoms with Gasteiger partial charge < -0.3 is 14.2 Å². The highest BCUT2D eigenvalue weighted by molar-refractivity contribution is 8.26.